The Hall–Kier alpha value is -5.70. The number of para-hydroxylation sites is 2. The lowest BCUT2D eigenvalue weighted by Crippen LogP contribution is -2.35. The molecule has 0 aromatic heterocycles. The van der Waals surface area contributed by atoms with E-state index in [0.717, 1.165) is 0 Å². The number of nitrogens with two attached hydrogens (primary N) is 2. The number of hydrogen-bond donors (Lipinski definition) is 2. The molecule has 0 saturated heterocycles. The van der Waals surface area contributed by atoms with Gasteiger partial charge in [-0.15, -0.1) is 0 Å². The summed E-state index contributed by atoms with van der Waals surface area (Å²) in [4.78, 5) is 47.9. The minimum atomic E-state index is -0.904. The van der Waals surface area contributed by atoms with Crippen LogP contribution in [0, 0.1) is 31.1 Å². The third-order valence-corrected chi connectivity index (χ3v) is 9.15. The molecule has 0 bridgehead atoms. The van der Waals surface area contributed by atoms with Gasteiger partial charge in [0, 0.05) is 36.8 Å². The van der Waals surface area contributed by atoms with Crippen LogP contribution in [0.15, 0.2) is 94.4 Å². The maximum atomic E-state index is 12.8. The Labute approximate surface area is 294 Å². The predicted molar refractivity (Wildman–Crippen MR) is 184 cm³/mol. The molecule has 6 N–H and O–H groups in total. The number of ketones is 2. The monoisotopic (exact) mass is 706 g/mol. The van der Waals surface area contributed by atoms with Crippen molar-refractivity contribution >= 4 is 11.6 Å². The van der Waals surface area contributed by atoms with Gasteiger partial charge in [-0.3, -0.25) is 29.8 Å². The molecular formula is C36H42N4O11. The van der Waals surface area contributed by atoms with E-state index in [2.05, 4.69) is 0 Å². The Morgan fingerprint density at radius 3 is 1.31 bits per heavy atom. The van der Waals surface area contributed by atoms with Gasteiger partial charge in [0.1, 0.15) is 34.9 Å². The van der Waals surface area contributed by atoms with Crippen molar-refractivity contribution in [2.75, 3.05) is 14.2 Å². The molecule has 2 atom stereocenters. The van der Waals surface area contributed by atoms with Crippen LogP contribution < -0.4 is 20.9 Å². The molecule has 2 aromatic carbocycles. The number of methoxy groups -OCH3 is 2. The fourth-order valence-electron chi connectivity index (χ4n) is 7.12. The molecule has 15 nitrogen and oxygen atoms in total. The predicted octanol–water partition coefficient (Wildman–Crippen LogP) is 4.89. The van der Waals surface area contributed by atoms with E-state index >= 15 is 0 Å². The molecule has 0 radical (unpaired) electrons. The van der Waals surface area contributed by atoms with Crippen molar-refractivity contribution < 1.29 is 43.9 Å². The highest BCUT2D eigenvalue weighted by molar-refractivity contribution is 6.00. The van der Waals surface area contributed by atoms with E-state index in [1.54, 1.807) is 48.5 Å². The van der Waals surface area contributed by atoms with Crippen LogP contribution in [0.25, 0.3) is 0 Å². The van der Waals surface area contributed by atoms with Gasteiger partial charge in [0.25, 0.3) is 11.8 Å². The molecular weight excluding hydrogens is 664 g/mol. The standard InChI is InChI=1S/2C18H20N2O5.H2O/c2*1-18(2)8-11(21)15-13(9-18)25-17(19)16(20(22)23)14(15)10-6-4-5-7-12(10)24-3;/h2*4-7,14H,8-9,19H2,1-3H3;1H2/t2*14-;/m11./s1. The Morgan fingerprint density at radius 2 is 1.00 bits per heavy atom. The van der Waals surface area contributed by atoms with E-state index in [4.69, 9.17) is 30.4 Å². The number of hydrogen-bond acceptors (Lipinski definition) is 12. The molecule has 2 aromatic rings. The summed E-state index contributed by atoms with van der Waals surface area (Å²) in [5, 5.41) is 23.3. The van der Waals surface area contributed by atoms with Gasteiger partial charge in [0.15, 0.2) is 11.6 Å². The lowest BCUT2D eigenvalue weighted by molar-refractivity contribution is -0.433. The normalized spacial score (nSPS) is 21.9. The minimum Gasteiger partial charge on any atom is -0.496 e. The number of nitro groups is 2. The van der Waals surface area contributed by atoms with Crippen molar-refractivity contribution in [2.45, 2.75) is 65.2 Å². The highest BCUT2D eigenvalue weighted by Gasteiger charge is 2.49. The van der Waals surface area contributed by atoms with Gasteiger partial charge in [-0.2, -0.15) is 0 Å². The number of rotatable bonds is 6. The quantitative estimate of drug-likeness (QED) is 0.301. The summed E-state index contributed by atoms with van der Waals surface area (Å²) in [5.41, 5.74) is 12.2. The van der Waals surface area contributed by atoms with Crippen LogP contribution in [0.4, 0.5) is 0 Å². The van der Waals surface area contributed by atoms with Crippen molar-refractivity contribution in [3.63, 3.8) is 0 Å². The van der Waals surface area contributed by atoms with E-state index in [1.807, 2.05) is 27.7 Å². The van der Waals surface area contributed by atoms with Crippen molar-refractivity contribution in [2.24, 2.45) is 22.3 Å². The number of benzene rings is 2. The molecule has 0 spiro atoms. The first-order chi connectivity index (χ1) is 23.5. The fraction of sp³-hybridized carbons (Fsp3) is 0.389. The first-order valence-electron chi connectivity index (χ1n) is 15.9. The van der Waals surface area contributed by atoms with Crippen LogP contribution in [0.2, 0.25) is 0 Å². The molecule has 51 heavy (non-hydrogen) atoms. The van der Waals surface area contributed by atoms with Crippen LogP contribution in [0.1, 0.15) is 76.3 Å². The molecule has 272 valence electrons. The second-order valence-electron chi connectivity index (χ2n) is 14.1. The Morgan fingerprint density at radius 1 is 0.667 bits per heavy atom. The van der Waals surface area contributed by atoms with E-state index in [-0.39, 0.29) is 51.0 Å². The third-order valence-electron chi connectivity index (χ3n) is 9.15. The van der Waals surface area contributed by atoms with Crippen LogP contribution >= 0.6 is 0 Å². The zero-order valence-corrected chi connectivity index (χ0v) is 29.2. The number of Topliss-reactive ketones (excluding diaryl/α,β-unsaturated/α-hetero) is 2. The van der Waals surface area contributed by atoms with Gasteiger partial charge in [0.2, 0.25) is 0 Å². The number of ether oxygens (including phenoxy) is 4. The maximum absolute atomic E-state index is 12.8. The lowest BCUT2D eigenvalue weighted by atomic mass is 9.71. The Balaban J connectivity index is 0.000000224. The Kier molecular flexibility index (Phi) is 10.7. The number of allylic oxidation sites excluding steroid dienone is 4. The smallest absolute Gasteiger partial charge is 0.317 e. The number of carbonyl (C=O) groups is 2. The molecule has 2 heterocycles. The van der Waals surface area contributed by atoms with E-state index in [9.17, 15) is 29.8 Å². The second kappa shape index (κ2) is 14.3. The molecule has 2 aliphatic carbocycles. The molecule has 0 fully saturated rings. The summed E-state index contributed by atoms with van der Waals surface area (Å²) >= 11 is 0. The minimum absolute atomic E-state index is 0. The van der Waals surface area contributed by atoms with Crippen LogP contribution in [0.3, 0.4) is 0 Å². The average Bonchev–Trinajstić information content (AvgIpc) is 3.02. The summed E-state index contributed by atoms with van der Waals surface area (Å²) in [7, 11) is 2.97. The molecule has 0 saturated carbocycles. The van der Waals surface area contributed by atoms with Gasteiger partial charge < -0.3 is 35.9 Å². The molecule has 4 aliphatic rings. The van der Waals surface area contributed by atoms with E-state index in [1.165, 1.54) is 14.2 Å². The third kappa shape index (κ3) is 7.29. The highest BCUT2D eigenvalue weighted by atomic mass is 16.6. The molecule has 2 aliphatic heterocycles. The van der Waals surface area contributed by atoms with Gasteiger partial charge in [-0.1, -0.05) is 64.1 Å². The summed E-state index contributed by atoms with van der Waals surface area (Å²) in [6.45, 7) is 7.83. The fourth-order valence-corrected chi connectivity index (χ4v) is 7.12. The van der Waals surface area contributed by atoms with E-state index < -0.39 is 21.7 Å². The summed E-state index contributed by atoms with van der Waals surface area (Å²) in [6.07, 6.45) is 1.58. The van der Waals surface area contributed by atoms with Crippen LogP contribution in [-0.2, 0) is 19.1 Å². The first kappa shape index (κ1) is 38.1. The maximum Gasteiger partial charge on any atom is 0.317 e. The van der Waals surface area contributed by atoms with Crippen molar-refractivity contribution in [1.29, 1.82) is 0 Å². The topological polar surface area (TPSA) is 241 Å². The molecule has 0 unspecified atom stereocenters. The Bertz CT molecular complexity index is 1780. The van der Waals surface area contributed by atoms with Crippen molar-refractivity contribution in [3.8, 4) is 11.5 Å². The van der Waals surface area contributed by atoms with Crippen molar-refractivity contribution in [1.82, 2.24) is 0 Å². The largest absolute Gasteiger partial charge is 0.496 e. The first-order valence-corrected chi connectivity index (χ1v) is 15.9. The summed E-state index contributed by atoms with van der Waals surface area (Å²) in [6, 6.07) is 13.9. The van der Waals surface area contributed by atoms with Crippen LogP contribution in [-0.4, -0.2) is 41.1 Å². The van der Waals surface area contributed by atoms with Gasteiger partial charge in [-0.05, 0) is 23.0 Å². The molecule has 6 rings (SSSR count). The number of carbonyl (C=O) groups excluding carboxylic acids is 2. The van der Waals surface area contributed by atoms with Gasteiger partial charge >= 0.3 is 11.4 Å². The van der Waals surface area contributed by atoms with Crippen molar-refractivity contribution in [3.05, 3.63) is 126 Å². The average molecular weight is 707 g/mol. The number of nitrogens with zero attached hydrogens (tertiary/aromatic N) is 2. The highest BCUT2D eigenvalue weighted by Crippen LogP contribution is 2.51. The lowest BCUT2D eigenvalue weighted by Gasteiger charge is -2.36. The molecule has 0 amide bonds. The van der Waals surface area contributed by atoms with Gasteiger partial charge in [-0.25, -0.2) is 0 Å². The van der Waals surface area contributed by atoms with E-state index in [0.29, 0.717) is 71.0 Å². The van der Waals surface area contributed by atoms with Crippen LogP contribution in [0.5, 0.6) is 11.5 Å². The second-order valence-corrected chi connectivity index (χ2v) is 14.1. The summed E-state index contributed by atoms with van der Waals surface area (Å²) < 4.78 is 21.8. The zero-order chi connectivity index (χ0) is 36.7. The molecule has 15 heteroatoms. The van der Waals surface area contributed by atoms with Gasteiger partial charge in [0.05, 0.1) is 35.2 Å². The summed E-state index contributed by atoms with van der Waals surface area (Å²) in [5.74, 6) is -0.909. The zero-order valence-electron chi connectivity index (χ0n) is 29.2. The SMILES string of the molecule is COc1ccccc1[C@@H]1C2=C(CC(C)(C)CC2=O)OC(N)=C1[N+](=O)[O-].COc1ccccc1[C@@H]1C2=C(CC(C)(C)CC2=O)OC(N)=C1[N+](=O)[O-].O.